The van der Waals surface area contributed by atoms with Gasteiger partial charge >= 0.3 is 19.8 Å². The van der Waals surface area contributed by atoms with E-state index in [0.717, 1.165) is 38.5 Å². The van der Waals surface area contributed by atoms with Crippen molar-refractivity contribution in [3.8, 4) is 0 Å². The van der Waals surface area contributed by atoms with Crippen molar-refractivity contribution in [2.24, 2.45) is 0 Å². The van der Waals surface area contributed by atoms with E-state index in [1.807, 2.05) is 0 Å². The molecule has 0 aliphatic carbocycles. The first-order chi connectivity index (χ1) is 24.7. The predicted octanol–water partition coefficient (Wildman–Crippen LogP) is 10.7. The average Bonchev–Trinajstić information content (AvgIpc) is 3.12. The fraction of sp³-hybridized carbons (Fsp3) is 0.950. The van der Waals surface area contributed by atoms with Gasteiger partial charge in [-0.3, -0.25) is 18.6 Å². The Morgan fingerprint density at radius 3 is 1.22 bits per heavy atom. The summed E-state index contributed by atoms with van der Waals surface area (Å²) >= 11 is 0. The largest absolute Gasteiger partial charge is 0.472 e. The molecule has 0 radical (unpaired) electrons. The van der Waals surface area contributed by atoms with Crippen molar-refractivity contribution in [3.05, 3.63) is 0 Å². The minimum Gasteiger partial charge on any atom is -0.462 e. The van der Waals surface area contributed by atoms with Gasteiger partial charge in [0.05, 0.1) is 19.8 Å². The Hall–Kier alpha value is -1.03. The monoisotopic (exact) mass is 751 g/mol. The molecule has 0 heterocycles. The molecule has 3 atom stereocenters. The Balaban J connectivity index is 4.19. The summed E-state index contributed by atoms with van der Waals surface area (Å²) in [6.45, 7) is 2.38. The third kappa shape index (κ3) is 37.1. The molecule has 0 saturated heterocycles. The van der Waals surface area contributed by atoms with Gasteiger partial charge in [-0.15, -0.1) is 0 Å². The van der Waals surface area contributed by atoms with Crippen molar-refractivity contribution in [2.75, 3.05) is 26.4 Å². The van der Waals surface area contributed by atoms with Crippen LogP contribution in [0.5, 0.6) is 0 Å². The second-order valence-corrected chi connectivity index (χ2v) is 15.8. The van der Waals surface area contributed by atoms with Gasteiger partial charge in [0.1, 0.15) is 12.7 Å². The van der Waals surface area contributed by atoms with Gasteiger partial charge in [0.15, 0.2) is 6.10 Å². The quantitative estimate of drug-likeness (QED) is 0.0314. The average molecular weight is 751 g/mol. The van der Waals surface area contributed by atoms with Crippen molar-refractivity contribution in [2.45, 2.75) is 219 Å². The Labute approximate surface area is 312 Å². The van der Waals surface area contributed by atoms with Crippen LogP contribution in [-0.2, 0) is 32.7 Å². The zero-order valence-corrected chi connectivity index (χ0v) is 33.7. The second kappa shape index (κ2) is 37.3. The third-order valence-electron chi connectivity index (χ3n) is 9.26. The van der Waals surface area contributed by atoms with Gasteiger partial charge in [0, 0.05) is 12.8 Å². The highest BCUT2D eigenvalue weighted by Gasteiger charge is 2.27. The number of aliphatic hydroxyl groups excluding tert-OH is 2. The summed E-state index contributed by atoms with van der Waals surface area (Å²) in [5.74, 6) is -0.915. The summed E-state index contributed by atoms with van der Waals surface area (Å²) < 4.78 is 32.6. The third-order valence-corrected chi connectivity index (χ3v) is 10.2. The molecule has 0 bridgehead atoms. The molecule has 0 aromatic rings. The maximum atomic E-state index is 12.6. The van der Waals surface area contributed by atoms with Gasteiger partial charge < -0.3 is 24.6 Å². The number of hydrogen-bond acceptors (Lipinski definition) is 9. The lowest BCUT2D eigenvalue weighted by atomic mass is 10.0. The van der Waals surface area contributed by atoms with E-state index in [2.05, 4.69) is 18.4 Å². The zero-order chi connectivity index (χ0) is 37.7. The van der Waals surface area contributed by atoms with E-state index in [9.17, 15) is 24.2 Å². The Kier molecular flexibility index (Phi) is 36.5. The number of esters is 2. The number of hydrogen-bond donors (Lipinski definition) is 3. The lowest BCUT2D eigenvalue weighted by Crippen LogP contribution is -2.29. The summed E-state index contributed by atoms with van der Waals surface area (Å²) in [5.41, 5.74) is 0. The number of carbonyl (C=O) groups excluding carboxylic acids is 2. The lowest BCUT2D eigenvalue weighted by Gasteiger charge is -2.20. The van der Waals surface area contributed by atoms with E-state index in [1.165, 1.54) is 128 Å². The van der Waals surface area contributed by atoms with Crippen LogP contribution in [0.4, 0.5) is 0 Å². The topological polar surface area (TPSA) is 149 Å². The molecule has 0 aliphatic rings. The summed E-state index contributed by atoms with van der Waals surface area (Å²) in [6, 6.07) is 0. The highest BCUT2D eigenvalue weighted by atomic mass is 31.2. The van der Waals surface area contributed by atoms with Crippen molar-refractivity contribution >= 4 is 19.8 Å². The first-order valence-electron chi connectivity index (χ1n) is 21.0. The molecular formula is C40H79O10P. The van der Waals surface area contributed by atoms with Crippen LogP contribution in [0.2, 0.25) is 0 Å². The van der Waals surface area contributed by atoms with Gasteiger partial charge in [-0.05, 0) is 12.8 Å². The van der Waals surface area contributed by atoms with E-state index >= 15 is 0 Å². The number of aliphatic hydroxyl groups is 2. The van der Waals surface area contributed by atoms with Crippen LogP contribution in [-0.4, -0.2) is 65.7 Å². The molecule has 0 aromatic heterocycles. The first-order valence-corrected chi connectivity index (χ1v) is 22.5. The summed E-state index contributed by atoms with van der Waals surface area (Å²) in [7, 11) is -4.60. The van der Waals surface area contributed by atoms with Crippen LogP contribution in [0.3, 0.4) is 0 Å². The molecule has 0 amide bonds. The summed E-state index contributed by atoms with van der Waals surface area (Å²) in [6.07, 6.45) is 32.2. The molecule has 0 spiro atoms. The number of ether oxygens (including phenoxy) is 2. The Bertz CT molecular complexity index is 827. The fourth-order valence-corrected chi connectivity index (χ4v) is 6.78. The van der Waals surface area contributed by atoms with Crippen LogP contribution in [0, 0.1) is 0 Å². The van der Waals surface area contributed by atoms with Crippen molar-refractivity contribution in [3.63, 3.8) is 0 Å². The summed E-state index contributed by atoms with van der Waals surface area (Å²) in [5, 5.41) is 18.3. The number of unbranched alkanes of at least 4 members (excludes halogenated alkanes) is 26. The molecule has 0 aliphatic heterocycles. The molecule has 1 unspecified atom stereocenters. The molecule has 0 aromatic carbocycles. The van der Waals surface area contributed by atoms with Crippen molar-refractivity contribution in [1.82, 2.24) is 0 Å². The molecule has 304 valence electrons. The molecule has 10 nitrogen and oxygen atoms in total. The van der Waals surface area contributed by atoms with E-state index in [0.29, 0.717) is 12.8 Å². The number of rotatable bonds is 40. The van der Waals surface area contributed by atoms with Crippen LogP contribution < -0.4 is 0 Å². The highest BCUT2D eigenvalue weighted by Crippen LogP contribution is 2.43. The van der Waals surface area contributed by atoms with Gasteiger partial charge in [0.2, 0.25) is 0 Å². The standard InChI is InChI=1S/C40H79O10P/c1-3-5-7-9-11-13-14-15-16-17-18-19-20-21-22-24-26-28-30-32-40(44)50-38(36-49-51(45,46)48-34-37(42)33-41)35-47-39(43)31-29-27-25-23-12-10-8-6-4-2/h37-38,41-42H,3-36H2,1-2H3,(H,45,46)/t37-,38+/m0/s1. The highest BCUT2D eigenvalue weighted by molar-refractivity contribution is 7.47. The number of phosphoric acid groups is 1. The molecule has 0 rings (SSSR count). The van der Waals surface area contributed by atoms with E-state index in [1.54, 1.807) is 0 Å². The maximum Gasteiger partial charge on any atom is 0.472 e. The molecule has 0 saturated carbocycles. The van der Waals surface area contributed by atoms with Gasteiger partial charge in [0.25, 0.3) is 0 Å². The van der Waals surface area contributed by atoms with E-state index in [4.69, 9.17) is 19.1 Å². The normalized spacial score (nSPS) is 13.9. The van der Waals surface area contributed by atoms with E-state index in [-0.39, 0.29) is 19.4 Å². The molecule has 0 fully saturated rings. The zero-order valence-electron chi connectivity index (χ0n) is 32.8. The fourth-order valence-electron chi connectivity index (χ4n) is 5.99. The van der Waals surface area contributed by atoms with Gasteiger partial charge in [-0.1, -0.05) is 181 Å². The Morgan fingerprint density at radius 2 is 0.843 bits per heavy atom. The van der Waals surface area contributed by atoms with Crippen LogP contribution >= 0.6 is 7.82 Å². The molecule has 3 N–H and O–H groups in total. The van der Waals surface area contributed by atoms with Crippen molar-refractivity contribution < 1.29 is 47.8 Å². The SMILES string of the molecule is CCCCCCCCCCCCCCCCCCCCCC(=O)O[C@H](COC(=O)CCCCCCCCCCC)COP(=O)(O)OC[C@@H](O)CO. The second-order valence-electron chi connectivity index (χ2n) is 14.4. The van der Waals surface area contributed by atoms with Crippen LogP contribution in [0.25, 0.3) is 0 Å². The minimum absolute atomic E-state index is 0.192. The lowest BCUT2D eigenvalue weighted by molar-refractivity contribution is -0.161. The summed E-state index contributed by atoms with van der Waals surface area (Å²) in [4.78, 5) is 34.8. The number of phosphoric ester groups is 1. The van der Waals surface area contributed by atoms with Crippen LogP contribution in [0.1, 0.15) is 206 Å². The predicted molar refractivity (Wildman–Crippen MR) is 206 cm³/mol. The smallest absolute Gasteiger partial charge is 0.462 e. The van der Waals surface area contributed by atoms with Crippen LogP contribution in [0.15, 0.2) is 0 Å². The maximum absolute atomic E-state index is 12.6. The van der Waals surface area contributed by atoms with Crippen molar-refractivity contribution in [1.29, 1.82) is 0 Å². The number of carbonyl (C=O) groups is 2. The molecule has 51 heavy (non-hydrogen) atoms. The molecule has 11 heteroatoms. The minimum atomic E-state index is -4.60. The van der Waals surface area contributed by atoms with E-state index < -0.39 is 51.8 Å². The first kappa shape index (κ1) is 50.0. The van der Waals surface area contributed by atoms with Gasteiger partial charge in [-0.2, -0.15) is 0 Å². The van der Waals surface area contributed by atoms with Gasteiger partial charge in [-0.25, -0.2) is 4.57 Å². The Morgan fingerprint density at radius 1 is 0.510 bits per heavy atom. The molecular weight excluding hydrogens is 671 g/mol.